The quantitative estimate of drug-likeness (QED) is 0.565. The highest BCUT2D eigenvalue weighted by atomic mass is 32.2. The van der Waals surface area contributed by atoms with Crippen LogP contribution in [-0.2, 0) is 4.74 Å². The Kier molecular flexibility index (Phi) is 7.09. The van der Waals surface area contributed by atoms with Crippen LogP contribution in [-0.4, -0.2) is 30.2 Å². The van der Waals surface area contributed by atoms with Crippen molar-refractivity contribution in [3.63, 3.8) is 0 Å². The molecule has 0 bridgehead atoms. The smallest absolute Gasteiger partial charge is 0.0867 e. The van der Waals surface area contributed by atoms with E-state index in [1.807, 2.05) is 11.4 Å². The van der Waals surface area contributed by atoms with Gasteiger partial charge in [0.15, 0.2) is 0 Å². The first-order chi connectivity index (χ1) is 7.33. The molecular weight excluding hydrogens is 228 g/mol. The van der Waals surface area contributed by atoms with Gasteiger partial charge in [-0.2, -0.15) is 0 Å². The van der Waals surface area contributed by atoms with Gasteiger partial charge in [0.25, 0.3) is 0 Å². The third-order valence-corrected chi connectivity index (χ3v) is 4.14. The Morgan fingerprint density at radius 2 is 2.47 bits per heavy atom. The first-order valence-corrected chi connectivity index (χ1v) is 7.11. The minimum absolute atomic E-state index is 0.353. The fourth-order valence-electron chi connectivity index (χ4n) is 1.04. The van der Waals surface area contributed by atoms with Crippen molar-refractivity contribution < 1.29 is 9.84 Å². The van der Waals surface area contributed by atoms with E-state index in [2.05, 4.69) is 13.0 Å². The maximum absolute atomic E-state index is 9.61. The first kappa shape index (κ1) is 13.0. The Balaban J connectivity index is 2.01. The summed E-state index contributed by atoms with van der Waals surface area (Å²) in [4.78, 5) is 0. The zero-order valence-corrected chi connectivity index (χ0v) is 10.6. The lowest BCUT2D eigenvalue weighted by molar-refractivity contribution is 0.0473. The SMILES string of the molecule is CCCCOCC(O)CSc1cccs1. The van der Waals surface area contributed by atoms with E-state index in [1.54, 1.807) is 23.1 Å². The second-order valence-electron chi connectivity index (χ2n) is 3.33. The molecule has 2 nitrogen and oxygen atoms in total. The second-order valence-corrected chi connectivity index (χ2v) is 5.59. The summed E-state index contributed by atoms with van der Waals surface area (Å²) in [5, 5.41) is 11.7. The van der Waals surface area contributed by atoms with Crippen LogP contribution in [0.25, 0.3) is 0 Å². The molecule has 1 heterocycles. The molecule has 0 aliphatic rings. The number of aliphatic hydroxyl groups is 1. The van der Waals surface area contributed by atoms with Crippen molar-refractivity contribution in [1.29, 1.82) is 0 Å². The highest BCUT2D eigenvalue weighted by molar-refractivity contribution is 8.01. The monoisotopic (exact) mass is 246 g/mol. The maximum atomic E-state index is 9.61. The van der Waals surface area contributed by atoms with Gasteiger partial charge in [-0.25, -0.2) is 0 Å². The first-order valence-electron chi connectivity index (χ1n) is 5.25. The number of aliphatic hydroxyl groups excluding tert-OH is 1. The number of hydrogen-bond acceptors (Lipinski definition) is 4. The van der Waals surface area contributed by atoms with Crippen LogP contribution in [0.1, 0.15) is 19.8 Å². The van der Waals surface area contributed by atoms with E-state index in [0.29, 0.717) is 12.4 Å². The molecule has 1 N–H and O–H groups in total. The summed E-state index contributed by atoms with van der Waals surface area (Å²) < 4.78 is 6.60. The topological polar surface area (TPSA) is 29.5 Å². The average molecular weight is 246 g/mol. The van der Waals surface area contributed by atoms with Crippen LogP contribution in [0.5, 0.6) is 0 Å². The van der Waals surface area contributed by atoms with Crippen molar-refractivity contribution in [1.82, 2.24) is 0 Å². The molecular formula is C11H18O2S2. The fraction of sp³-hybridized carbons (Fsp3) is 0.636. The van der Waals surface area contributed by atoms with E-state index in [-0.39, 0.29) is 6.10 Å². The molecule has 0 radical (unpaired) electrons. The Bertz CT molecular complexity index is 237. The molecule has 0 saturated carbocycles. The molecule has 1 atom stereocenters. The molecule has 86 valence electrons. The average Bonchev–Trinajstić information content (AvgIpc) is 2.74. The highest BCUT2D eigenvalue weighted by Gasteiger charge is 2.05. The molecule has 0 fully saturated rings. The van der Waals surface area contributed by atoms with Gasteiger partial charge in [-0.3, -0.25) is 0 Å². The predicted molar refractivity (Wildman–Crippen MR) is 66.8 cm³/mol. The summed E-state index contributed by atoms with van der Waals surface area (Å²) in [5.41, 5.74) is 0. The standard InChI is InChI=1S/C11H18O2S2/c1-2-3-6-13-8-10(12)9-15-11-5-4-7-14-11/h4-5,7,10,12H,2-3,6,8-9H2,1H3. The van der Waals surface area contributed by atoms with Gasteiger partial charge in [0, 0.05) is 12.4 Å². The van der Waals surface area contributed by atoms with Gasteiger partial charge in [0.1, 0.15) is 0 Å². The number of thioether (sulfide) groups is 1. The number of unbranched alkanes of at least 4 members (excludes halogenated alkanes) is 1. The molecule has 0 aliphatic carbocycles. The van der Waals surface area contributed by atoms with Crippen LogP contribution in [0.3, 0.4) is 0 Å². The molecule has 1 aromatic heterocycles. The van der Waals surface area contributed by atoms with Gasteiger partial charge < -0.3 is 9.84 Å². The second kappa shape index (κ2) is 8.16. The molecule has 0 spiro atoms. The highest BCUT2D eigenvalue weighted by Crippen LogP contribution is 2.23. The van der Waals surface area contributed by atoms with Crippen molar-refractivity contribution in [3.8, 4) is 0 Å². The summed E-state index contributed by atoms with van der Waals surface area (Å²) in [6, 6.07) is 4.09. The Hall–Kier alpha value is -0.0300. The Labute approximate surface area is 99.7 Å². The lowest BCUT2D eigenvalue weighted by Crippen LogP contribution is -2.18. The lowest BCUT2D eigenvalue weighted by atomic mass is 10.3. The molecule has 15 heavy (non-hydrogen) atoms. The van der Waals surface area contributed by atoms with E-state index >= 15 is 0 Å². The third-order valence-electron chi connectivity index (χ3n) is 1.87. The van der Waals surface area contributed by atoms with Gasteiger partial charge in [0.05, 0.1) is 16.9 Å². The Morgan fingerprint density at radius 1 is 1.60 bits per heavy atom. The summed E-state index contributed by atoms with van der Waals surface area (Å²) in [7, 11) is 0. The summed E-state index contributed by atoms with van der Waals surface area (Å²) in [6.45, 7) is 3.35. The lowest BCUT2D eigenvalue weighted by Gasteiger charge is -2.09. The molecule has 0 aromatic carbocycles. The Morgan fingerprint density at radius 3 is 3.13 bits per heavy atom. The zero-order chi connectivity index (χ0) is 10.9. The number of thiophene rings is 1. The molecule has 0 saturated heterocycles. The molecule has 1 aromatic rings. The van der Waals surface area contributed by atoms with E-state index in [9.17, 15) is 5.11 Å². The van der Waals surface area contributed by atoms with E-state index in [1.165, 1.54) is 4.21 Å². The van der Waals surface area contributed by atoms with Gasteiger partial charge in [-0.15, -0.1) is 23.1 Å². The maximum Gasteiger partial charge on any atom is 0.0867 e. The van der Waals surface area contributed by atoms with Crippen LogP contribution in [0, 0.1) is 0 Å². The van der Waals surface area contributed by atoms with Crippen molar-refractivity contribution >= 4 is 23.1 Å². The van der Waals surface area contributed by atoms with Crippen LogP contribution in [0.15, 0.2) is 21.7 Å². The number of ether oxygens (including phenoxy) is 1. The fourth-order valence-corrected chi connectivity index (χ4v) is 2.76. The van der Waals surface area contributed by atoms with Gasteiger partial charge >= 0.3 is 0 Å². The van der Waals surface area contributed by atoms with Gasteiger partial charge in [-0.1, -0.05) is 19.4 Å². The van der Waals surface area contributed by atoms with Crippen LogP contribution in [0.4, 0.5) is 0 Å². The van der Waals surface area contributed by atoms with Crippen LogP contribution < -0.4 is 0 Å². The summed E-state index contributed by atoms with van der Waals surface area (Å²) in [5.74, 6) is 0.715. The molecule has 1 rings (SSSR count). The van der Waals surface area contributed by atoms with Crippen molar-refractivity contribution in [2.75, 3.05) is 19.0 Å². The van der Waals surface area contributed by atoms with Crippen LogP contribution in [0.2, 0.25) is 0 Å². The normalized spacial score (nSPS) is 12.9. The molecule has 0 amide bonds. The van der Waals surface area contributed by atoms with Crippen molar-refractivity contribution in [2.24, 2.45) is 0 Å². The molecule has 4 heteroatoms. The number of hydrogen-bond donors (Lipinski definition) is 1. The summed E-state index contributed by atoms with van der Waals surface area (Å²) >= 11 is 3.40. The van der Waals surface area contributed by atoms with E-state index in [4.69, 9.17) is 4.74 Å². The number of rotatable bonds is 8. The summed E-state index contributed by atoms with van der Waals surface area (Å²) in [6.07, 6.45) is 1.86. The third kappa shape index (κ3) is 6.20. The minimum Gasteiger partial charge on any atom is -0.390 e. The van der Waals surface area contributed by atoms with E-state index in [0.717, 1.165) is 19.4 Å². The van der Waals surface area contributed by atoms with Gasteiger partial charge in [0.2, 0.25) is 0 Å². The minimum atomic E-state index is -0.353. The van der Waals surface area contributed by atoms with Crippen molar-refractivity contribution in [3.05, 3.63) is 17.5 Å². The largest absolute Gasteiger partial charge is 0.390 e. The van der Waals surface area contributed by atoms with Crippen molar-refractivity contribution in [2.45, 2.75) is 30.1 Å². The zero-order valence-electron chi connectivity index (χ0n) is 9.02. The molecule has 0 aliphatic heterocycles. The predicted octanol–water partition coefficient (Wildman–Crippen LogP) is 3.02. The van der Waals surface area contributed by atoms with Crippen LogP contribution >= 0.6 is 23.1 Å². The van der Waals surface area contributed by atoms with Gasteiger partial charge in [-0.05, 0) is 17.9 Å². The van der Waals surface area contributed by atoms with E-state index < -0.39 is 0 Å². The molecule has 1 unspecified atom stereocenters.